The molecule has 1 saturated heterocycles. The van der Waals surface area contributed by atoms with E-state index in [1.54, 1.807) is 0 Å². The predicted molar refractivity (Wildman–Crippen MR) is 72.6 cm³/mol. The SMILES string of the molecule is Nc1c(Cl)ncnc1NCC1CCN(C2CC2)C1. The second kappa shape index (κ2) is 4.90. The molecule has 0 aromatic carbocycles. The van der Waals surface area contributed by atoms with Gasteiger partial charge in [0.2, 0.25) is 0 Å². The fraction of sp³-hybridized carbons (Fsp3) is 0.667. The van der Waals surface area contributed by atoms with Crippen LogP contribution in [0.4, 0.5) is 11.5 Å². The maximum Gasteiger partial charge on any atom is 0.157 e. The van der Waals surface area contributed by atoms with Gasteiger partial charge >= 0.3 is 0 Å². The highest BCUT2D eigenvalue weighted by molar-refractivity contribution is 6.32. The zero-order valence-electron chi connectivity index (χ0n) is 10.3. The van der Waals surface area contributed by atoms with E-state index in [2.05, 4.69) is 20.2 Å². The van der Waals surface area contributed by atoms with Crippen molar-refractivity contribution in [2.24, 2.45) is 5.92 Å². The summed E-state index contributed by atoms with van der Waals surface area (Å²) in [6.45, 7) is 3.33. The van der Waals surface area contributed by atoms with Crippen molar-refractivity contribution in [1.29, 1.82) is 0 Å². The first-order valence-corrected chi connectivity index (χ1v) is 6.85. The third-order valence-corrected chi connectivity index (χ3v) is 4.08. The molecule has 1 aliphatic heterocycles. The van der Waals surface area contributed by atoms with Crippen LogP contribution in [-0.4, -0.2) is 40.5 Å². The van der Waals surface area contributed by atoms with Crippen LogP contribution in [0.3, 0.4) is 0 Å². The van der Waals surface area contributed by atoms with Gasteiger partial charge in [-0.25, -0.2) is 9.97 Å². The molecule has 1 unspecified atom stereocenters. The highest BCUT2D eigenvalue weighted by Gasteiger charge is 2.34. The van der Waals surface area contributed by atoms with Crippen LogP contribution in [0.15, 0.2) is 6.33 Å². The second-order valence-electron chi connectivity index (χ2n) is 5.19. The highest BCUT2D eigenvalue weighted by Crippen LogP contribution is 2.32. The maximum absolute atomic E-state index is 5.86. The Balaban J connectivity index is 1.53. The Morgan fingerprint density at radius 2 is 2.22 bits per heavy atom. The molecule has 5 nitrogen and oxygen atoms in total. The van der Waals surface area contributed by atoms with E-state index in [1.807, 2.05) is 0 Å². The molecule has 3 N–H and O–H groups in total. The molecule has 0 amide bonds. The number of likely N-dealkylation sites (tertiary alicyclic amines) is 1. The summed E-state index contributed by atoms with van der Waals surface area (Å²) in [5, 5.41) is 3.61. The van der Waals surface area contributed by atoms with Crippen molar-refractivity contribution in [1.82, 2.24) is 14.9 Å². The number of anilines is 2. The third kappa shape index (κ3) is 2.52. The Kier molecular flexibility index (Phi) is 3.26. The number of aromatic nitrogens is 2. The largest absolute Gasteiger partial charge is 0.393 e. The van der Waals surface area contributed by atoms with Gasteiger partial charge in [-0.15, -0.1) is 0 Å². The normalized spacial score (nSPS) is 24.4. The number of nitrogen functional groups attached to an aromatic ring is 1. The zero-order valence-corrected chi connectivity index (χ0v) is 11.0. The molecule has 0 spiro atoms. The van der Waals surface area contributed by atoms with Gasteiger partial charge in [-0.2, -0.15) is 0 Å². The Morgan fingerprint density at radius 1 is 1.39 bits per heavy atom. The fourth-order valence-electron chi connectivity index (χ4n) is 2.56. The van der Waals surface area contributed by atoms with Crippen molar-refractivity contribution in [3.63, 3.8) is 0 Å². The molecule has 2 fully saturated rings. The van der Waals surface area contributed by atoms with Crippen LogP contribution in [0.5, 0.6) is 0 Å². The first kappa shape index (κ1) is 12.0. The Labute approximate surface area is 112 Å². The third-order valence-electron chi connectivity index (χ3n) is 3.77. The summed E-state index contributed by atoms with van der Waals surface area (Å²) in [7, 11) is 0. The summed E-state index contributed by atoms with van der Waals surface area (Å²) in [5.41, 5.74) is 6.26. The van der Waals surface area contributed by atoms with Gasteiger partial charge in [0.15, 0.2) is 11.0 Å². The van der Waals surface area contributed by atoms with E-state index in [4.69, 9.17) is 17.3 Å². The molecule has 98 valence electrons. The lowest BCUT2D eigenvalue weighted by atomic mass is 10.1. The minimum Gasteiger partial charge on any atom is -0.393 e. The molecule has 18 heavy (non-hydrogen) atoms. The van der Waals surface area contributed by atoms with Crippen LogP contribution in [0.2, 0.25) is 5.15 Å². The van der Waals surface area contributed by atoms with E-state index < -0.39 is 0 Å². The number of hydrogen-bond donors (Lipinski definition) is 2. The van der Waals surface area contributed by atoms with Gasteiger partial charge < -0.3 is 16.0 Å². The minimum absolute atomic E-state index is 0.318. The average Bonchev–Trinajstić information content (AvgIpc) is 3.11. The first-order valence-electron chi connectivity index (χ1n) is 6.48. The first-order chi connectivity index (χ1) is 8.74. The number of hydrogen-bond acceptors (Lipinski definition) is 5. The monoisotopic (exact) mass is 267 g/mol. The van der Waals surface area contributed by atoms with Crippen molar-refractivity contribution in [3.05, 3.63) is 11.5 Å². The number of rotatable bonds is 4. The number of nitrogens with zero attached hydrogens (tertiary/aromatic N) is 3. The summed E-state index contributed by atoms with van der Waals surface area (Å²) in [5.74, 6) is 1.33. The molecular weight excluding hydrogens is 250 g/mol. The Morgan fingerprint density at radius 3 is 3.00 bits per heavy atom. The molecule has 1 aromatic heterocycles. The van der Waals surface area contributed by atoms with Crippen LogP contribution in [-0.2, 0) is 0 Å². The van der Waals surface area contributed by atoms with Crippen molar-refractivity contribution < 1.29 is 0 Å². The van der Waals surface area contributed by atoms with Gasteiger partial charge in [-0.3, -0.25) is 0 Å². The van der Waals surface area contributed by atoms with Gasteiger partial charge in [0.1, 0.15) is 12.0 Å². The van der Waals surface area contributed by atoms with Crippen LogP contribution in [0.1, 0.15) is 19.3 Å². The molecule has 1 aromatic rings. The van der Waals surface area contributed by atoms with E-state index in [-0.39, 0.29) is 0 Å². The van der Waals surface area contributed by atoms with E-state index in [0.717, 1.165) is 12.6 Å². The topological polar surface area (TPSA) is 67.1 Å². The van der Waals surface area contributed by atoms with Crippen LogP contribution >= 0.6 is 11.6 Å². The van der Waals surface area contributed by atoms with Gasteiger partial charge in [-0.1, -0.05) is 11.6 Å². The van der Waals surface area contributed by atoms with Crippen LogP contribution < -0.4 is 11.1 Å². The molecule has 2 heterocycles. The predicted octanol–water partition coefficient (Wildman–Crippen LogP) is 1.61. The molecule has 2 aliphatic rings. The summed E-state index contributed by atoms with van der Waals surface area (Å²) in [4.78, 5) is 10.6. The Hall–Kier alpha value is -1.07. The number of nitrogens with one attached hydrogen (secondary N) is 1. The lowest BCUT2D eigenvalue weighted by Gasteiger charge is -2.15. The van der Waals surface area contributed by atoms with E-state index in [0.29, 0.717) is 22.6 Å². The van der Waals surface area contributed by atoms with Crippen molar-refractivity contribution in [2.75, 3.05) is 30.7 Å². The summed E-state index contributed by atoms with van der Waals surface area (Å²) < 4.78 is 0. The Bertz CT molecular complexity index is 434. The van der Waals surface area contributed by atoms with Crippen molar-refractivity contribution in [2.45, 2.75) is 25.3 Å². The van der Waals surface area contributed by atoms with Crippen molar-refractivity contribution >= 4 is 23.1 Å². The minimum atomic E-state index is 0.318. The highest BCUT2D eigenvalue weighted by atomic mass is 35.5. The summed E-state index contributed by atoms with van der Waals surface area (Å²) in [6.07, 6.45) is 5.46. The molecule has 1 aliphatic carbocycles. The molecule has 0 bridgehead atoms. The van der Waals surface area contributed by atoms with E-state index >= 15 is 0 Å². The standard InChI is InChI=1S/C12H18ClN5/c13-11-10(14)12(17-7-16-11)15-5-8-3-4-18(6-8)9-1-2-9/h7-9H,1-6,14H2,(H,15,16,17). The van der Waals surface area contributed by atoms with E-state index in [9.17, 15) is 0 Å². The molecule has 6 heteroatoms. The maximum atomic E-state index is 5.86. The molecule has 1 saturated carbocycles. The van der Waals surface area contributed by atoms with Crippen LogP contribution in [0.25, 0.3) is 0 Å². The lowest BCUT2D eigenvalue weighted by molar-refractivity contribution is 0.316. The summed E-state index contributed by atoms with van der Waals surface area (Å²) >= 11 is 5.86. The fourth-order valence-corrected chi connectivity index (χ4v) is 2.69. The van der Waals surface area contributed by atoms with Crippen LogP contribution in [0, 0.1) is 5.92 Å². The van der Waals surface area contributed by atoms with Gasteiger partial charge in [0, 0.05) is 19.1 Å². The molecule has 0 radical (unpaired) electrons. The molecule has 1 atom stereocenters. The smallest absolute Gasteiger partial charge is 0.157 e. The van der Waals surface area contributed by atoms with E-state index in [1.165, 1.54) is 38.7 Å². The second-order valence-corrected chi connectivity index (χ2v) is 5.55. The number of nitrogens with two attached hydrogens (primary N) is 1. The molecule has 3 rings (SSSR count). The van der Waals surface area contributed by atoms with Gasteiger partial charge in [0.05, 0.1) is 0 Å². The lowest BCUT2D eigenvalue weighted by Crippen LogP contribution is -2.25. The average molecular weight is 268 g/mol. The van der Waals surface area contributed by atoms with Gasteiger partial charge in [0.25, 0.3) is 0 Å². The van der Waals surface area contributed by atoms with Crippen molar-refractivity contribution in [3.8, 4) is 0 Å². The quantitative estimate of drug-likeness (QED) is 0.812. The van der Waals surface area contributed by atoms with Gasteiger partial charge in [-0.05, 0) is 31.7 Å². The zero-order chi connectivity index (χ0) is 12.5. The molecular formula is C12H18ClN5. The summed E-state index contributed by atoms with van der Waals surface area (Å²) in [6, 6.07) is 0.869. The number of halogens is 1.